The van der Waals surface area contributed by atoms with Crippen LogP contribution in [0.2, 0.25) is 0 Å². The second-order valence-corrected chi connectivity index (χ2v) is 10.2. The van der Waals surface area contributed by atoms with E-state index in [0.29, 0.717) is 31.5 Å². The van der Waals surface area contributed by atoms with Gasteiger partial charge in [-0.2, -0.15) is 4.31 Å². The molecule has 2 saturated heterocycles. The van der Waals surface area contributed by atoms with Crippen molar-refractivity contribution in [2.24, 2.45) is 0 Å². The Bertz CT molecular complexity index is 1190. The van der Waals surface area contributed by atoms with Gasteiger partial charge in [0.15, 0.2) is 0 Å². The highest BCUT2D eigenvalue weighted by molar-refractivity contribution is 7.89. The molecule has 2 aliphatic heterocycles. The average molecular weight is 489 g/mol. The molecule has 11 heteroatoms. The normalized spacial score (nSPS) is 17.8. The van der Waals surface area contributed by atoms with E-state index < -0.39 is 15.8 Å². The molecule has 2 aliphatic rings. The largest absolute Gasteiger partial charge is 0.354 e. The van der Waals surface area contributed by atoms with Gasteiger partial charge < -0.3 is 15.5 Å². The van der Waals surface area contributed by atoms with Gasteiger partial charge in [-0.05, 0) is 55.3 Å². The lowest BCUT2D eigenvalue weighted by Gasteiger charge is -2.32. The van der Waals surface area contributed by atoms with Crippen molar-refractivity contribution < 1.29 is 27.2 Å². The molecule has 0 bridgehead atoms. The Morgan fingerprint density at radius 2 is 1.71 bits per heavy atom. The Hall–Kier alpha value is -3.31. The molecule has 0 aliphatic carbocycles. The summed E-state index contributed by atoms with van der Waals surface area (Å²) < 4.78 is 40.0. The standard InChI is InChI=1S/C23H25FN4O5S/c24-18-6-4-16(5-7-18)22(30)26-19-8-11-27(12-9-19)23(31)17-2-1-3-20(14-17)34(32,33)28-13-10-25-21(29)15-28/h1-7,14,19H,8-13,15H2,(H,25,29)(H,26,30). The first-order valence-corrected chi connectivity index (χ1v) is 12.4. The van der Waals surface area contributed by atoms with Crippen LogP contribution in [0.4, 0.5) is 4.39 Å². The second kappa shape index (κ2) is 9.90. The van der Waals surface area contributed by atoms with E-state index in [0.717, 1.165) is 4.31 Å². The summed E-state index contributed by atoms with van der Waals surface area (Å²) in [4.78, 5) is 38.6. The molecule has 9 nitrogen and oxygen atoms in total. The zero-order valence-electron chi connectivity index (χ0n) is 18.4. The van der Waals surface area contributed by atoms with Crippen LogP contribution in [-0.4, -0.2) is 74.1 Å². The highest BCUT2D eigenvalue weighted by Crippen LogP contribution is 2.20. The maximum atomic E-state index is 13.0. The second-order valence-electron chi connectivity index (χ2n) is 8.26. The number of nitrogens with zero attached hydrogens (tertiary/aromatic N) is 2. The first kappa shape index (κ1) is 23.8. The predicted molar refractivity (Wildman–Crippen MR) is 121 cm³/mol. The molecular weight excluding hydrogens is 463 g/mol. The summed E-state index contributed by atoms with van der Waals surface area (Å²) in [6.45, 7) is 0.956. The van der Waals surface area contributed by atoms with E-state index >= 15 is 0 Å². The smallest absolute Gasteiger partial charge is 0.253 e. The fourth-order valence-corrected chi connectivity index (χ4v) is 5.48. The summed E-state index contributed by atoms with van der Waals surface area (Å²) in [7, 11) is -3.90. The lowest BCUT2D eigenvalue weighted by molar-refractivity contribution is -0.122. The van der Waals surface area contributed by atoms with Gasteiger partial charge in [0.05, 0.1) is 11.4 Å². The van der Waals surface area contributed by atoms with Gasteiger partial charge in [-0.25, -0.2) is 12.8 Å². The molecule has 3 amide bonds. The van der Waals surface area contributed by atoms with Crippen LogP contribution in [0.1, 0.15) is 33.6 Å². The number of halogens is 1. The third-order valence-corrected chi connectivity index (χ3v) is 7.79. The number of hydrogen-bond donors (Lipinski definition) is 2. The van der Waals surface area contributed by atoms with E-state index in [2.05, 4.69) is 10.6 Å². The summed E-state index contributed by atoms with van der Waals surface area (Å²) in [5, 5.41) is 5.49. The van der Waals surface area contributed by atoms with Gasteiger partial charge in [0, 0.05) is 43.3 Å². The van der Waals surface area contributed by atoms with Crippen molar-refractivity contribution in [3.8, 4) is 0 Å². The van der Waals surface area contributed by atoms with Crippen molar-refractivity contribution in [3.05, 3.63) is 65.5 Å². The third kappa shape index (κ3) is 5.26. The first-order chi connectivity index (χ1) is 16.2. The zero-order chi connectivity index (χ0) is 24.3. The van der Waals surface area contributed by atoms with Gasteiger partial charge in [0.1, 0.15) is 5.82 Å². The Morgan fingerprint density at radius 3 is 2.38 bits per heavy atom. The number of amides is 3. The maximum absolute atomic E-state index is 13.0. The van der Waals surface area contributed by atoms with E-state index in [1.165, 1.54) is 42.5 Å². The molecule has 0 atom stereocenters. The number of carbonyl (C=O) groups excluding carboxylic acids is 3. The Balaban J connectivity index is 1.37. The fraction of sp³-hybridized carbons (Fsp3) is 0.348. The quantitative estimate of drug-likeness (QED) is 0.651. The van der Waals surface area contributed by atoms with Gasteiger partial charge in [-0.15, -0.1) is 0 Å². The summed E-state index contributed by atoms with van der Waals surface area (Å²) in [5.41, 5.74) is 0.612. The minimum Gasteiger partial charge on any atom is -0.354 e. The molecule has 4 rings (SSSR count). The number of benzene rings is 2. The molecule has 0 radical (unpaired) electrons. The molecular formula is C23H25FN4O5S. The van der Waals surface area contributed by atoms with Crippen LogP contribution >= 0.6 is 0 Å². The molecule has 0 saturated carbocycles. The van der Waals surface area contributed by atoms with Crippen LogP contribution in [0.3, 0.4) is 0 Å². The average Bonchev–Trinajstić information content (AvgIpc) is 2.84. The minimum absolute atomic E-state index is 0.0329. The summed E-state index contributed by atoms with van der Waals surface area (Å²) in [5.74, 6) is -1.37. The highest BCUT2D eigenvalue weighted by Gasteiger charge is 2.30. The molecule has 2 heterocycles. The van der Waals surface area contributed by atoms with Gasteiger partial charge in [-0.1, -0.05) is 6.07 Å². The van der Waals surface area contributed by atoms with Crippen LogP contribution in [-0.2, 0) is 14.8 Å². The lowest BCUT2D eigenvalue weighted by atomic mass is 10.0. The predicted octanol–water partition coefficient (Wildman–Crippen LogP) is 0.981. The van der Waals surface area contributed by atoms with Crippen molar-refractivity contribution in [3.63, 3.8) is 0 Å². The number of carbonyl (C=O) groups is 3. The number of likely N-dealkylation sites (tertiary alicyclic amines) is 1. The van der Waals surface area contributed by atoms with E-state index in [1.54, 1.807) is 11.0 Å². The van der Waals surface area contributed by atoms with Crippen molar-refractivity contribution in [1.82, 2.24) is 19.8 Å². The van der Waals surface area contributed by atoms with Crippen LogP contribution < -0.4 is 10.6 Å². The SMILES string of the molecule is O=C1CN(S(=O)(=O)c2cccc(C(=O)N3CCC(NC(=O)c4ccc(F)cc4)CC3)c2)CCN1. The molecule has 2 N–H and O–H groups in total. The monoisotopic (exact) mass is 488 g/mol. The third-order valence-electron chi connectivity index (χ3n) is 5.95. The van der Waals surface area contributed by atoms with Gasteiger partial charge in [0.2, 0.25) is 15.9 Å². The minimum atomic E-state index is -3.90. The number of hydrogen-bond acceptors (Lipinski definition) is 5. The molecule has 0 unspecified atom stereocenters. The van der Waals surface area contributed by atoms with Crippen LogP contribution in [0.5, 0.6) is 0 Å². The van der Waals surface area contributed by atoms with Crippen molar-refractivity contribution in [2.45, 2.75) is 23.8 Å². The molecule has 34 heavy (non-hydrogen) atoms. The van der Waals surface area contributed by atoms with E-state index in [4.69, 9.17) is 0 Å². The number of nitrogens with one attached hydrogen (secondary N) is 2. The summed E-state index contributed by atoms with van der Waals surface area (Å²) in [6.07, 6.45) is 1.08. The molecule has 2 fully saturated rings. The lowest BCUT2D eigenvalue weighted by Crippen LogP contribution is -2.49. The topological polar surface area (TPSA) is 116 Å². The molecule has 180 valence electrons. The van der Waals surface area contributed by atoms with Gasteiger partial charge >= 0.3 is 0 Å². The fourth-order valence-electron chi connectivity index (χ4n) is 4.04. The molecule has 0 aromatic heterocycles. The number of rotatable bonds is 5. The van der Waals surface area contributed by atoms with Crippen LogP contribution in [0.15, 0.2) is 53.4 Å². The van der Waals surface area contributed by atoms with Crippen molar-refractivity contribution >= 4 is 27.7 Å². The van der Waals surface area contributed by atoms with Crippen molar-refractivity contribution in [2.75, 3.05) is 32.7 Å². The van der Waals surface area contributed by atoms with Gasteiger partial charge in [-0.3, -0.25) is 14.4 Å². The zero-order valence-corrected chi connectivity index (χ0v) is 19.2. The summed E-state index contributed by atoms with van der Waals surface area (Å²) >= 11 is 0. The van der Waals surface area contributed by atoms with Crippen LogP contribution in [0, 0.1) is 5.82 Å². The Labute approximate surface area is 197 Å². The van der Waals surface area contributed by atoms with Crippen molar-refractivity contribution in [1.29, 1.82) is 0 Å². The number of piperidine rings is 1. The summed E-state index contributed by atoms with van der Waals surface area (Å²) in [6, 6.07) is 11.0. The van der Waals surface area contributed by atoms with E-state index in [1.807, 2.05) is 0 Å². The molecule has 2 aromatic carbocycles. The van der Waals surface area contributed by atoms with Gasteiger partial charge in [0.25, 0.3) is 11.8 Å². The Morgan fingerprint density at radius 1 is 1.00 bits per heavy atom. The highest BCUT2D eigenvalue weighted by atomic mass is 32.2. The molecule has 0 spiro atoms. The maximum Gasteiger partial charge on any atom is 0.253 e. The van der Waals surface area contributed by atoms with Crippen LogP contribution in [0.25, 0.3) is 0 Å². The van der Waals surface area contributed by atoms with E-state index in [9.17, 15) is 27.2 Å². The first-order valence-electron chi connectivity index (χ1n) is 11.0. The molecule has 2 aromatic rings. The van der Waals surface area contributed by atoms with E-state index in [-0.39, 0.29) is 53.9 Å². The number of piperazine rings is 1. The Kier molecular flexibility index (Phi) is 6.94. The number of sulfonamides is 1.